The quantitative estimate of drug-likeness (QED) is 0.432. The molecule has 0 amide bonds. The molecule has 0 aromatic carbocycles. The Morgan fingerprint density at radius 1 is 1.26 bits per heavy atom. The van der Waals surface area contributed by atoms with Gasteiger partial charge in [-0.3, -0.25) is 0 Å². The summed E-state index contributed by atoms with van der Waals surface area (Å²) < 4.78 is 11.1. The monoisotopic (exact) mass is 332 g/mol. The summed E-state index contributed by atoms with van der Waals surface area (Å²) in [7, 11) is 0. The van der Waals surface area contributed by atoms with Gasteiger partial charge < -0.3 is 35.0 Å². The summed E-state index contributed by atoms with van der Waals surface area (Å²) in [6, 6.07) is 0. The predicted octanol–water partition coefficient (Wildman–Crippen LogP) is -0.701. The van der Waals surface area contributed by atoms with Crippen LogP contribution in [0.2, 0.25) is 0 Å². The first-order chi connectivity index (χ1) is 10.7. The third-order valence-electron chi connectivity index (χ3n) is 4.78. The van der Waals surface area contributed by atoms with Gasteiger partial charge >= 0.3 is 0 Å². The molecule has 1 saturated heterocycles. The minimum Gasteiger partial charge on any atom is -0.394 e. The average molecular weight is 332 g/mol. The van der Waals surface area contributed by atoms with E-state index in [0.29, 0.717) is 18.8 Å². The van der Waals surface area contributed by atoms with Gasteiger partial charge in [0.15, 0.2) is 6.29 Å². The molecule has 1 heterocycles. The summed E-state index contributed by atoms with van der Waals surface area (Å²) in [5, 5.41) is 49.4. The Balaban J connectivity index is 2.11. The van der Waals surface area contributed by atoms with Crippen LogP contribution >= 0.6 is 0 Å². The van der Waals surface area contributed by atoms with E-state index in [1.165, 1.54) is 0 Å². The van der Waals surface area contributed by atoms with Crippen LogP contribution < -0.4 is 0 Å². The van der Waals surface area contributed by atoms with Crippen LogP contribution in [0.15, 0.2) is 11.6 Å². The first kappa shape index (κ1) is 18.8. The minimum absolute atomic E-state index is 0.312. The molecular formula is C16H28O7. The molecule has 7 heteroatoms. The van der Waals surface area contributed by atoms with E-state index in [4.69, 9.17) is 9.47 Å². The Labute approximate surface area is 136 Å². The molecule has 0 bridgehead atoms. The van der Waals surface area contributed by atoms with Gasteiger partial charge in [-0.05, 0) is 25.7 Å². The van der Waals surface area contributed by atoms with E-state index in [2.05, 4.69) is 13.8 Å². The van der Waals surface area contributed by atoms with Crippen LogP contribution in [0.5, 0.6) is 0 Å². The van der Waals surface area contributed by atoms with E-state index in [1.54, 1.807) is 6.92 Å². The molecule has 23 heavy (non-hydrogen) atoms. The normalized spacial score (nSPS) is 45.2. The molecule has 0 aromatic rings. The molecule has 134 valence electrons. The standard InChI is InChI=1S/C16H28O7/c1-8(2)9-4-5-16(3,21)11(6-9)23-15-14(20)13(19)12(18)10(7-17)22-15/h4,8,10-15,17-21H,5-7H2,1-3H3/t10-,11-,12-,13+,14-,15+,16-/m1/s1. The van der Waals surface area contributed by atoms with Crippen LogP contribution in [0.3, 0.4) is 0 Å². The number of aliphatic hydroxyl groups is 5. The van der Waals surface area contributed by atoms with Crippen molar-refractivity contribution in [1.82, 2.24) is 0 Å². The molecule has 2 aliphatic rings. The molecule has 5 N–H and O–H groups in total. The van der Waals surface area contributed by atoms with Crippen LogP contribution in [0.4, 0.5) is 0 Å². The summed E-state index contributed by atoms with van der Waals surface area (Å²) in [4.78, 5) is 0. The Morgan fingerprint density at radius 2 is 1.91 bits per heavy atom. The molecular weight excluding hydrogens is 304 g/mol. The minimum atomic E-state index is -1.49. The predicted molar refractivity (Wildman–Crippen MR) is 81.4 cm³/mol. The molecule has 1 aliphatic heterocycles. The van der Waals surface area contributed by atoms with Crippen LogP contribution in [-0.2, 0) is 9.47 Å². The highest BCUT2D eigenvalue weighted by atomic mass is 16.7. The topological polar surface area (TPSA) is 120 Å². The number of ether oxygens (including phenoxy) is 2. The van der Waals surface area contributed by atoms with Gasteiger partial charge in [0.2, 0.25) is 0 Å². The first-order valence-electron chi connectivity index (χ1n) is 8.04. The van der Waals surface area contributed by atoms with E-state index < -0.39 is 49.0 Å². The zero-order valence-corrected chi connectivity index (χ0v) is 13.8. The number of rotatable bonds is 4. The van der Waals surface area contributed by atoms with Crippen molar-refractivity contribution in [2.45, 2.75) is 76.0 Å². The third-order valence-corrected chi connectivity index (χ3v) is 4.78. The van der Waals surface area contributed by atoms with Crippen molar-refractivity contribution in [2.24, 2.45) is 5.92 Å². The highest BCUT2D eigenvalue weighted by molar-refractivity contribution is 5.15. The SMILES string of the molecule is CC(C)C1=CC[C@@](C)(O)[C@H](O[C@@H]2O[C@H](CO)[C@@H](O)[C@H](O)[C@H]2O)C1. The number of aliphatic hydroxyl groups excluding tert-OH is 4. The zero-order valence-electron chi connectivity index (χ0n) is 13.8. The summed E-state index contributed by atoms with van der Waals surface area (Å²) >= 11 is 0. The second-order valence-corrected chi connectivity index (χ2v) is 7.02. The van der Waals surface area contributed by atoms with Gasteiger partial charge in [0.1, 0.15) is 24.4 Å². The lowest BCUT2D eigenvalue weighted by atomic mass is 9.80. The molecule has 0 spiro atoms. The highest BCUT2D eigenvalue weighted by Crippen LogP contribution is 2.35. The number of hydrogen-bond donors (Lipinski definition) is 5. The van der Waals surface area contributed by atoms with Crippen LogP contribution in [0.25, 0.3) is 0 Å². The maximum atomic E-state index is 10.5. The van der Waals surface area contributed by atoms with Gasteiger partial charge in [0.05, 0.1) is 18.3 Å². The largest absolute Gasteiger partial charge is 0.394 e. The van der Waals surface area contributed by atoms with Gasteiger partial charge in [-0.1, -0.05) is 25.5 Å². The van der Waals surface area contributed by atoms with Crippen LogP contribution in [0, 0.1) is 5.92 Å². The second-order valence-electron chi connectivity index (χ2n) is 7.02. The van der Waals surface area contributed by atoms with Crippen LogP contribution in [0.1, 0.15) is 33.6 Å². The molecule has 1 fully saturated rings. The highest BCUT2D eigenvalue weighted by Gasteiger charge is 2.47. The van der Waals surface area contributed by atoms with Crippen molar-refractivity contribution in [3.8, 4) is 0 Å². The maximum Gasteiger partial charge on any atom is 0.187 e. The summed E-state index contributed by atoms with van der Waals surface area (Å²) in [6.45, 7) is 5.24. The van der Waals surface area contributed by atoms with Crippen molar-refractivity contribution in [3.63, 3.8) is 0 Å². The lowest BCUT2D eigenvalue weighted by molar-refractivity contribution is -0.323. The van der Waals surface area contributed by atoms with Crippen molar-refractivity contribution in [3.05, 3.63) is 11.6 Å². The number of hydrogen-bond acceptors (Lipinski definition) is 7. The Hall–Kier alpha value is -0.540. The van der Waals surface area contributed by atoms with E-state index in [-0.39, 0.29) is 0 Å². The van der Waals surface area contributed by atoms with E-state index in [9.17, 15) is 25.5 Å². The van der Waals surface area contributed by atoms with Gasteiger partial charge in [0, 0.05) is 0 Å². The van der Waals surface area contributed by atoms with E-state index >= 15 is 0 Å². The van der Waals surface area contributed by atoms with Crippen molar-refractivity contribution >= 4 is 0 Å². The second kappa shape index (κ2) is 7.14. The van der Waals surface area contributed by atoms with Gasteiger partial charge in [-0.15, -0.1) is 0 Å². The lowest BCUT2D eigenvalue weighted by Crippen LogP contribution is -2.61. The van der Waals surface area contributed by atoms with Crippen molar-refractivity contribution in [2.75, 3.05) is 6.61 Å². The molecule has 1 aliphatic carbocycles. The van der Waals surface area contributed by atoms with Crippen LogP contribution in [-0.4, -0.2) is 74.6 Å². The van der Waals surface area contributed by atoms with E-state index in [0.717, 1.165) is 5.57 Å². The zero-order chi connectivity index (χ0) is 17.4. The smallest absolute Gasteiger partial charge is 0.187 e. The average Bonchev–Trinajstić information content (AvgIpc) is 2.49. The Morgan fingerprint density at radius 3 is 2.48 bits per heavy atom. The molecule has 7 atom stereocenters. The van der Waals surface area contributed by atoms with Crippen molar-refractivity contribution in [1.29, 1.82) is 0 Å². The molecule has 0 saturated carbocycles. The maximum absolute atomic E-state index is 10.5. The fourth-order valence-electron chi connectivity index (χ4n) is 2.99. The molecule has 7 nitrogen and oxygen atoms in total. The van der Waals surface area contributed by atoms with E-state index in [1.807, 2.05) is 6.08 Å². The van der Waals surface area contributed by atoms with Crippen molar-refractivity contribution < 1.29 is 35.0 Å². The van der Waals surface area contributed by atoms with Gasteiger partial charge in [-0.2, -0.15) is 0 Å². The Kier molecular flexibility index (Phi) is 5.84. The fourth-order valence-corrected chi connectivity index (χ4v) is 2.99. The lowest BCUT2D eigenvalue weighted by Gasteiger charge is -2.44. The van der Waals surface area contributed by atoms with Gasteiger partial charge in [-0.25, -0.2) is 0 Å². The van der Waals surface area contributed by atoms with Gasteiger partial charge in [0.25, 0.3) is 0 Å². The summed E-state index contributed by atoms with van der Waals surface area (Å²) in [5.74, 6) is 0.312. The Bertz CT molecular complexity index is 432. The first-order valence-corrected chi connectivity index (χ1v) is 8.04. The molecule has 0 unspecified atom stereocenters. The third kappa shape index (κ3) is 3.93. The fraction of sp³-hybridized carbons (Fsp3) is 0.875. The molecule has 0 radical (unpaired) electrons. The summed E-state index contributed by atoms with van der Waals surface area (Å²) in [6.07, 6.45) is -4.34. The summed E-state index contributed by atoms with van der Waals surface area (Å²) in [5.41, 5.74) is 0.0168. The molecule has 2 rings (SSSR count). The molecule has 0 aromatic heterocycles.